The summed E-state index contributed by atoms with van der Waals surface area (Å²) in [5, 5.41) is 2.77. The first-order valence-electron chi connectivity index (χ1n) is 6.23. The van der Waals surface area contributed by atoms with E-state index in [9.17, 15) is 8.42 Å². The van der Waals surface area contributed by atoms with Crippen molar-refractivity contribution in [3.05, 3.63) is 34.9 Å². The van der Waals surface area contributed by atoms with Gasteiger partial charge in [0, 0.05) is 6.04 Å². The standard InChI is InChI=1S/C14H23NO2S/c1-10(2)18(16,17)9-14(15-5)13-7-11(3)6-12(4)8-13/h6-8,10,14-15H,9H2,1-5H3. The third-order valence-corrected chi connectivity index (χ3v) is 5.35. The Labute approximate surface area is 111 Å². The van der Waals surface area contributed by atoms with Crippen LogP contribution in [0.5, 0.6) is 0 Å². The molecule has 0 aliphatic rings. The van der Waals surface area contributed by atoms with Crippen LogP contribution in [0.2, 0.25) is 0 Å². The van der Waals surface area contributed by atoms with Crippen molar-refractivity contribution in [2.75, 3.05) is 12.8 Å². The van der Waals surface area contributed by atoms with Gasteiger partial charge in [0.2, 0.25) is 0 Å². The smallest absolute Gasteiger partial charge is 0.154 e. The fraction of sp³-hybridized carbons (Fsp3) is 0.571. The maximum Gasteiger partial charge on any atom is 0.154 e. The molecule has 0 saturated carbocycles. The maximum atomic E-state index is 12.0. The summed E-state index contributed by atoms with van der Waals surface area (Å²) in [6.07, 6.45) is 0. The van der Waals surface area contributed by atoms with Gasteiger partial charge in [-0.15, -0.1) is 0 Å². The SMILES string of the molecule is CNC(CS(=O)(=O)C(C)C)c1cc(C)cc(C)c1. The Morgan fingerprint density at radius 1 is 1.11 bits per heavy atom. The predicted molar refractivity (Wildman–Crippen MR) is 76.6 cm³/mol. The minimum atomic E-state index is -3.05. The summed E-state index contributed by atoms with van der Waals surface area (Å²) in [6, 6.07) is 6.04. The van der Waals surface area contributed by atoms with Crippen LogP contribution < -0.4 is 5.32 Å². The van der Waals surface area contributed by atoms with Crippen molar-refractivity contribution in [3.63, 3.8) is 0 Å². The molecule has 3 nitrogen and oxygen atoms in total. The number of hydrogen-bond acceptors (Lipinski definition) is 3. The lowest BCUT2D eigenvalue weighted by Gasteiger charge is -2.19. The van der Waals surface area contributed by atoms with E-state index in [1.807, 2.05) is 26.0 Å². The summed E-state index contributed by atoms with van der Waals surface area (Å²) in [6.45, 7) is 7.51. The van der Waals surface area contributed by atoms with Crippen LogP contribution in [0.3, 0.4) is 0 Å². The van der Waals surface area contributed by atoms with Crippen LogP contribution in [0.1, 0.15) is 36.6 Å². The minimum Gasteiger partial charge on any atom is -0.312 e. The number of rotatable bonds is 5. The average molecular weight is 269 g/mol. The molecule has 18 heavy (non-hydrogen) atoms. The molecule has 1 unspecified atom stereocenters. The Balaban J connectivity index is 3.04. The van der Waals surface area contributed by atoms with Crippen molar-refractivity contribution in [3.8, 4) is 0 Å². The average Bonchev–Trinajstić information content (AvgIpc) is 2.24. The Kier molecular flexibility index (Phi) is 4.93. The van der Waals surface area contributed by atoms with Gasteiger partial charge >= 0.3 is 0 Å². The first-order chi connectivity index (χ1) is 8.26. The molecular weight excluding hydrogens is 246 g/mol. The van der Waals surface area contributed by atoms with Crippen LogP contribution in [0.25, 0.3) is 0 Å². The van der Waals surface area contributed by atoms with Gasteiger partial charge < -0.3 is 5.32 Å². The zero-order valence-electron chi connectivity index (χ0n) is 11.8. The minimum absolute atomic E-state index is 0.143. The number of sulfone groups is 1. The molecule has 0 fully saturated rings. The van der Waals surface area contributed by atoms with Crippen LogP contribution in [-0.2, 0) is 9.84 Å². The first-order valence-corrected chi connectivity index (χ1v) is 7.95. The summed E-state index contributed by atoms with van der Waals surface area (Å²) in [4.78, 5) is 0. The first kappa shape index (κ1) is 15.2. The highest BCUT2D eigenvalue weighted by atomic mass is 32.2. The van der Waals surface area contributed by atoms with Crippen molar-refractivity contribution >= 4 is 9.84 Å². The van der Waals surface area contributed by atoms with E-state index in [2.05, 4.69) is 11.4 Å². The maximum absolute atomic E-state index is 12.0. The number of hydrogen-bond donors (Lipinski definition) is 1. The summed E-state index contributed by atoms with van der Waals surface area (Å²) in [5.41, 5.74) is 3.36. The van der Waals surface area contributed by atoms with E-state index in [0.717, 1.165) is 16.7 Å². The molecule has 0 aliphatic carbocycles. The molecule has 0 heterocycles. The normalized spacial score (nSPS) is 13.9. The lowest BCUT2D eigenvalue weighted by molar-refractivity contribution is 0.566. The Bertz CT molecular complexity index is 486. The van der Waals surface area contributed by atoms with Crippen molar-refractivity contribution in [2.45, 2.75) is 39.0 Å². The molecule has 1 atom stereocenters. The topological polar surface area (TPSA) is 46.2 Å². The lowest BCUT2D eigenvalue weighted by atomic mass is 10.0. The second-order valence-corrected chi connectivity index (χ2v) is 7.74. The lowest BCUT2D eigenvalue weighted by Crippen LogP contribution is -2.29. The summed E-state index contributed by atoms with van der Waals surface area (Å²) in [7, 11) is -1.24. The fourth-order valence-electron chi connectivity index (χ4n) is 1.98. The summed E-state index contributed by atoms with van der Waals surface area (Å²) < 4.78 is 24.0. The molecule has 102 valence electrons. The molecule has 1 aromatic rings. The van der Waals surface area contributed by atoms with E-state index in [4.69, 9.17) is 0 Å². The van der Waals surface area contributed by atoms with E-state index >= 15 is 0 Å². The van der Waals surface area contributed by atoms with Crippen molar-refractivity contribution in [1.82, 2.24) is 5.32 Å². The molecule has 0 aliphatic heterocycles. The zero-order chi connectivity index (χ0) is 13.9. The van der Waals surface area contributed by atoms with Crippen molar-refractivity contribution in [2.24, 2.45) is 0 Å². The highest BCUT2D eigenvalue weighted by molar-refractivity contribution is 7.92. The molecule has 0 radical (unpaired) electrons. The zero-order valence-corrected chi connectivity index (χ0v) is 12.6. The number of nitrogens with one attached hydrogen (secondary N) is 1. The van der Waals surface area contributed by atoms with Gasteiger partial charge in [0.1, 0.15) is 0 Å². The third kappa shape index (κ3) is 3.82. The highest BCUT2D eigenvalue weighted by Gasteiger charge is 2.22. The molecule has 1 rings (SSSR count). The molecule has 0 spiro atoms. The van der Waals surface area contributed by atoms with Crippen LogP contribution in [0.15, 0.2) is 18.2 Å². The molecule has 0 aromatic heterocycles. The molecule has 0 bridgehead atoms. The van der Waals surface area contributed by atoms with Gasteiger partial charge in [-0.05, 0) is 40.3 Å². The van der Waals surface area contributed by atoms with Gasteiger partial charge in [-0.3, -0.25) is 0 Å². The predicted octanol–water partition coefficient (Wildman–Crippen LogP) is 2.39. The van der Waals surface area contributed by atoms with Gasteiger partial charge in [0.05, 0.1) is 11.0 Å². The van der Waals surface area contributed by atoms with E-state index in [0.29, 0.717) is 0 Å². The van der Waals surface area contributed by atoms with Gasteiger partial charge in [-0.2, -0.15) is 0 Å². The highest BCUT2D eigenvalue weighted by Crippen LogP contribution is 2.20. The van der Waals surface area contributed by atoms with E-state index in [1.54, 1.807) is 20.9 Å². The van der Waals surface area contributed by atoms with Gasteiger partial charge in [-0.1, -0.05) is 29.3 Å². The Hall–Kier alpha value is -0.870. The van der Waals surface area contributed by atoms with E-state index in [1.165, 1.54) is 0 Å². The van der Waals surface area contributed by atoms with Crippen molar-refractivity contribution in [1.29, 1.82) is 0 Å². The number of aryl methyl sites for hydroxylation is 2. The van der Waals surface area contributed by atoms with Gasteiger partial charge in [0.25, 0.3) is 0 Å². The summed E-state index contributed by atoms with van der Waals surface area (Å²) >= 11 is 0. The van der Waals surface area contributed by atoms with E-state index < -0.39 is 9.84 Å². The molecule has 4 heteroatoms. The molecule has 1 aromatic carbocycles. The van der Waals surface area contributed by atoms with Gasteiger partial charge in [0.15, 0.2) is 9.84 Å². The van der Waals surface area contributed by atoms with Gasteiger partial charge in [-0.25, -0.2) is 8.42 Å². The monoisotopic (exact) mass is 269 g/mol. The van der Waals surface area contributed by atoms with Crippen molar-refractivity contribution < 1.29 is 8.42 Å². The molecule has 1 N–H and O–H groups in total. The largest absolute Gasteiger partial charge is 0.312 e. The van der Waals surface area contributed by atoms with Crippen LogP contribution in [0.4, 0.5) is 0 Å². The second kappa shape index (κ2) is 5.85. The number of benzene rings is 1. The van der Waals surface area contributed by atoms with Crippen LogP contribution in [-0.4, -0.2) is 26.5 Å². The second-order valence-electron chi connectivity index (χ2n) is 5.14. The van der Waals surface area contributed by atoms with Crippen LogP contribution in [0, 0.1) is 13.8 Å². The quantitative estimate of drug-likeness (QED) is 0.892. The summed E-state index contributed by atoms with van der Waals surface area (Å²) in [5.74, 6) is 0.143. The van der Waals surface area contributed by atoms with E-state index in [-0.39, 0.29) is 17.0 Å². The molecule has 0 amide bonds. The Morgan fingerprint density at radius 2 is 1.61 bits per heavy atom. The Morgan fingerprint density at radius 3 is 2.00 bits per heavy atom. The fourth-order valence-corrected chi connectivity index (χ4v) is 3.19. The third-order valence-electron chi connectivity index (χ3n) is 3.11. The molecular formula is C14H23NO2S. The molecule has 0 saturated heterocycles. The van der Waals surface area contributed by atoms with Crippen LogP contribution >= 0.6 is 0 Å².